The topological polar surface area (TPSA) is 6.48 Å². The highest BCUT2D eigenvalue weighted by Crippen LogP contribution is 2.62. The van der Waals surface area contributed by atoms with Crippen LogP contribution in [0.15, 0.2) is 97.1 Å². The summed E-state index contributed by atoms with van der Waals surface area (Å²) in [6, 6.07) is 39.7. The first kappa shape index (κ1) is 40.5. The highest BCUT2D eigenvalue weighted by Gasteiger charge is 2.53. The quantitative estimate of drug-likeness (QED) is 0.164. The van der Waals surface area contributed by atoms with Gasteiger partial charge in [0.25, 0.3) is 6.71 Å². The lowest BCUT2D eigenvalue weighted by atomic mass is 9.36. The molecule has 62 heavy (non-hydrogen) atoms. The second kappa shape index (κ2) is 13.4. The second-order valence-corrected chi connectivity index (χ2v) is 25.7. The number of hydrogen-bond acceptors (Lipinski definition) is 3. The molecule has 0 saturated heterocycles. The van der Waals surface area contributed by atoms with E-state index in [0.717, 1.165) is 17.8 Å². The molecular formula is C58H67BN2S. The van der Waals surface area contributed by atoms with E-state index in [1.165, 1.54) is 121 Å². The summed E-state index contributed by atoms with van der Waals surface area (Å²) in [6.07, 6.45) is 8.36. The van der Waals surface area contributed by atoms with Crippen molar-refractivity contribution < 1.29 is 0 Å². The minimum absolute atomic E-state index is 0.0119. The van der Waals surface area contributed by atoms with Crippen LogP contribution in [-0.2, 0) is 27.1 Å². The summed E-state index contributed by atoms with van der Waals surface area (Å²) >= 11 is 2.03. The zero-order valence-corrected chi connectivity index (χ0v) is 40.4. The number of anilines is 6. The number of hydrogen-bond donors (Lipinski definition) is 0. The molecule has 0 amide bonds. The number of rotatable bonds is 3. The van der Waals surface area contributed by atoms with Crippen LogP contribution < -0.4 is 25.5 Å². The van der Waals surface area contributed by atoms with Crippen LogP contribution in [0.25, 0.3) is 10.1 Å². The Morgan fingerprint density at radius 3 is 1.47 bits per heavy atom. The molecule has 4 fully saturated rings. The van der Waals surface area contributed by atoms with Crippen molar-refractivity contribution in [3.05, 3.63) is 125 Å². The predicted octanol–water partition coefficient (Wildman–Crippen LogP) is 14.6. The lowest BCUT2D eigenvalue weighted by Crippen LogP contribution is -2.60. The summed E-state index contributed by atoms with van der Waals surface area (Å²) in [5.74, 6) is 2.59. The molecule has 4 bridgehead atoms. The first-order chi connectivity index (χ1) is 29.2. The molecule has 6 aliphatic rings. The van der Waals surface area contributed by atoms with E-state index in [4.69, 9.17) is 0 Å². The van der Waals surface area contributed by atoms with Gasteiger partial charge in [-0.05, 0) is 177 Å². The van der Waals surface area contributed by atoms with Crippen molar-refractivity contribution in [1.29, 1.82) is 0 Å². The first-order valence-corrected chi connectivity index (χ1v) is 24.7. The summed E-state index contributed by atoms with van der Waals surface area (Å²) in [4.78, 5) is 5.44. The van der Waals surface area contributed by atoms with Crippen molar-refractivity contribution in [2.45, 2.75) is 149 Å². The largest absolute Gasteiger partial charge is 0.311 e. The fraction of sp³-hybridized carbons (Fsp3) is 0.448. The molecule has 0 N–H and O–H groups in total. The Bertz CT molecular complexity index is 2720. The van der Waals surface area contributed by atoms with E-state index in [1.807, 2.05) is 11.3 Å². The molecule has 2 nitrogen and oxygen atoms in total. The van der Waals surface area contributed by atoms with Crippen LogP contribution in [0.1, 0.15) is 149 Å². The average molecular weight is 835 g/mol. The summed E-state index contributed by atoms with van der Waals surface area (Å²) in [5.41, 5.74) is 18.4. The van der Waals surface area contributed by atoms with Crippen molar-refractivity contribution in [1.82, 2.24) is 0 Å². The molecule has 4 heteroatoms. The Labute approximate surface area is 377 Å². The van der Waals surface area contributed by atoms with Gasteiger partial charge in [0.05, 0.1) is 5.69 Å². The third-order valence-corrected chi connectivity index (χ3v) is 17.3. The lowest BCUT2D eigenvalue weighted by Gasteiger charge is -2.57. The maximum Gasteiger partial charge on any atom is 0.264 e. The van der Waals surface area contributed by atoms with Crippen molar-refractivity contribution in [2.24, 2.45) is 17.8 Å². The van der Waals surface area contributed by atoms with Gasteiger partial charge in [0.15, 0.2) is 0 Å². The normalized spacial score (nSPS) is 22.9. The van der Waals surface area contributed by atoms with Crippen LogP contribution >= 0.6 is 11.3 Å². The Morgan fingerprint density at radius 2 is 0.952 bits per heavy atom. The SMILES string of the molecule is CC(C)(C)c1ccc(N2c3cc(C(C)(C)C)ccc3B3c4sc5ccc(C(C)(C)C)cc5c4N(c4ccc(C(C)(C)C)cc4)c4cc(C56CC7CC(CC(C7)C5)C6)cc2c43)cc1. The molecule has 0 spiro atoms. The zero-order valence-electron chi connectivity index (χ0n) is 39.6. The molecule has 0 atom stereocenters. The number of nitrogens with zero attached hydrogens (tertiary/aromatic N) is 2. The van der Waals surface area contributed by atoms with E-state index in [-0.39, 0.29) is 33.8 Å². The fourth-order valence-electron chi connectivity index (χ4n) is 12.9. The van der Waals surface area contributed by atoms with Crippen LogP contribution in [0.3, 0.4) is 0 Å². The van der Waals surface area contributed by atoms with E-state index >= 15 is 0 Å². The third kappa shape index (κ3) is 6.30. The van der Waals surface area contributed by atoms with Crippen LogP contribution in [0.4, 0.5) is 34.1 Å². The smallest absolute Gasteiger partial charge is 0.264 e. The highest BCUT2D eigenvalue weighted by molar-refractivity contribution is 7.33. The Morgan fingerprint density at radius 1 is 0.500 bits per heavy atom. The molecule has 5 aromatic carbocycles. The highest BCUT2D eigenvalue weighted by atomic mass is 32.1. The molecule has 1 aromatic heterocycles. The van der Waals surface area contributed by atoms with Crippen LogP contribution in [0.2, 0.25) is 0 Å². The van der Waals surface area contributed by atoms with Crippen LogP contribution in [0, 0.1) is 17.8 Å². The second-order valence-electron chi connectivity index (χ2n) is 24.6. The molecule has 318 valence electrons. The first-order valence-electron chi connectivity index (χ1n) is 23.9. The van der Waals surface area contributed by atoms with E-state index in [1.54, 1.807) is 5.56 Å². The van der Waals surface area contributed by atoms with Gasteiger partial charge in [-0.2, -0.15) is 0 Å². The van der Waals surface area contributed by atoms with Gasteiger partial charge >= 0.3 is 0 Å². The zero-order chi connectivity index (χ0) is 43.5. The van der Waals surface area contributed by atoms with Gasteiger partial charge in [0.1, 0.15) is 0 Å². The van der Waals surface area contributed by atoms with Gasteiger partial charge in [-0.15, -0.1) is 11.3 Å². The molecule has 12 rings (SSSR count). The molecule has 4 aliphatic carbocycles. The fourth-order valence-corrected chi connectivity index (χ4v) is 14.2. The van der Waals surface area contributed by atoms with E-state index < -0.39 is 0 Å². The number of benzene rings is 5. The monoisotopic (exact) mass is 835 g/mol. The Balaban J connectivity index is 1.25. The van der Waals surface area contributed by atoms with E-state index in [0.29, 0.717) is 0 Å². The molecule has 2 aliphatic heterocycles. The standard InChI is InChI=1S/C58H67BN2S/c1-54(2,3)38-13-19-43(20-14-38)60-47-29-41(57(10,11)12)17-23-46(47)59-51-48(60)30-42(58-32-35-25-36(33-58)27-37(26-35)34-58)31-49(51)61(44-21-15-39(16-22-44)55(4,5)6)52-45-28-40(56(7,8)9)18-24-50(45)62-53(52)59/h13-24,28-31,35-37H,25-27,32-34H2,1-12H3. The van der Waals surface area contributed by atoms with E-state index in [2.05, 4.69) is 190 Å². The average Bonchev–Trinajstić information content (AvgIpc) is 3.57. The van der Waals surface area contributed by atoms with Gasteiger partial charge in [0, 0.05) is 43.3 Å². The van der Waals surface area contributed by atoms with Crippen molar-refractivity contribution in [2.75, 3.05) is 9.80 Å². The Kier molecular flexibility index (Phi) is 8.74. The summed E-state index contributed by atoms with van der Waals surface area (Å²) in [7, 11) is 0. The summed E-state index contributed by atoms with van der Waals surface area (Å²) in [6.45, 7) is 28.3. The molecule has 0 radical (unpaired) electrons. The number of thiophene rings is 1. The summed E-state index contributed by atoms with van der Waals surface area (Å²) in [5, 5.41) is 1.39. The maximum atomic E-state index is 2.74. The van der Waals surface area contributed by atoms with Crippen LogP contribution in [-0.4, -0.2) is 6.71 Å². The van der Waals surface area contributed by atoms with E-state index in [9.17, 15) is 0 Å². The maximum absolute atomic E-state index is 2.74. The molecular weight excluding hydrogens is 768 g/mol. The summed E-state index contributed by atoms with van der Waals surface area (Å²) < 4.78 is 2.85. The van der Waals surface area contributed by atoms with Crippen LogP contribution in [0.5, 0.6) is 0 Å². The number of fused-ring (bicyclic) bond motifs is 6. The Hall–Kier alpha value is -4.28. The van der Waals surface area contributed by atoms with Gasteiger partial charge in [-0.25, -0.2) is 0 Å². The minimum atomic E-state index is 0.0119. The molecule has 4 saturated carbocycles. The van der Waals surface area contributed by atoms with Crippen molar-refractivity contribution in [3.63, 3.8) is 0 Å². The third-order valence-electron chi connectivity index (χ3n) is 16.0. The minimum Gasteiger partial charge on any atom is -0.311 e. The lowest BCUT2D eigenvalue weighted by molar-refractivity contribution is -0.00514. The van der Waals surface area contributed by atoms with Gasteiger partial charge in [-0.1, -0.05) is 126 Å². The molecule has 0 unspecified atom stereocenters. The van der Waals surface area contributed by atoms with Crippen molar-refractivity contribution in [3.8, 4) is 0 Å². The predicted molar refractivity (Wildman–Crippen MR) is 270 cm³/mol. The molecule has 6 aromatic rings. The van der Waals surface area contributed by atoms with Crippen molar-refractivity contribution >= 4 is 78.0 Å². The van der Waals surface area contributed by atoms with Gasteiger partial charge in [0.2, 0.25) is 0 Å². The molecule has 3 heterocycles. The van der Waals surface area contributed by atoms with Gasteiger partial charge < -0.3 is 9.80 Å². The van der Waals surface area contributed by atoms with Gasteiger partial charge in [-0.3, -0.25) is 0 Å².